The molecule has 4 heteroatoms. The minimum absolute atomic E-state index is 0.0622. The normalized spacial score (nSPS) is 26.3. The summed E-state index contributed by atoms with van der Waals surface area (Å²) in [6.45, 7) is 4.27. The number of nitrogens with one attached hydrogen (secondary N) is 2. The summed E-state index contributed by atoms with van der Waals surface area (Å²) in [6.07, 6.45) is 3.29. The van der Waals surface area contributed by atoms with E-state index >= 15 is 0 Å². The molecule has 16 heavy (non-hydrogen) atoms. The first-order valence-electron chi connectivity index (χ1n) is 6.07. The molecule has 1 atom stereocenters. The van der Waals surface area contributed by atoms with E-state index in [1.54, 1.807) is 14.2 Å². The molecular weight excluding hydrogens is 204 g/mol. The highest BCUT2D eigenvalue weighted by Gasteiger charge is 2.32. The first kappa shape index (κ1) is 13.5. The van der Waals surface area contributed by atoms with E-state index in [1.807, 2.05) is 0 Å². The van der Waals surface area contributed by atoms with Gasteiger partial charge in [0, 0.05) is 20.2 Å². The molecule has 1 aliphatic carbocycles. The van der Waals surface area contributed by atoms with Crippen LogP contribution in [0.25, 0.3) is 0 Å². The van der Waals surface area contributed by atoms with Gasteiger partial charge >= 0.3 is 0 Å². The fourth-order valence-corrected chi connectivity index (χ4v) is 2.08. The third-order valence-corrected chi connectivity index (χ3v) is 3.14. The average Bonchev–Trinajstić information content (AvgIpc) is 2.19. The van der Waals surface area contributed by atoms with Gasteiger partial charge in [-0.25, -0.2) is 0 Å². The lowest BCUT2D eigenvalue weighted by Gasteiger charge is -2.37. The molecule has 0 radical (unpaired) electrons. The van der Waals surface area contributed by atoms with Gasteiger partial charge in [0.1, 0.15) is 0 Å². The third kappa shape index (κ3) is 3.76. The topological polar surface area (TPSA) is 50.4 Å². The number of rotatable bonds is 6. The summed E-state index contributed by atoms with van der Waals surface area (Å²) < 4.78 is 5.23. The van der Waals surface area contributed by atoms with Crippen molar-refractivity contribution < 1.29 is 9.53 Å². The second kappa shape index (κ2) is 6.21. The zero-order chi connectivity index (χ0) is 12.1. The van der Waals surface area contributed by atoms with Gasteiger partial charge in [-0.15, -0.1) is 0 Å². The molecule has 4 nitrogen and oxygen atoms in total. The van der Waals surface area contributed by atoms with Crippen molar-refractivity contribution in [2.24, 2.45) is 5.92 Å². The van der Waals surface area contributed by atoms with E-state index in [1.165, 1.54) is 0 Å². The van der Waals surface area contributed by atoms with E-state index in [2.05, 4.69) is 24.5 Å². The molecule has 1 aliphatic rings. The maximum Gasteiger partial charge on any atom is 0.236 e. The minimum Gasteiger partial charge on any atom is -0.381 e. The van der Waals surface area contributed by atoms with Crippen LogP contribution in [0.4, 0.5) is 0 Å². The van der Waals surface area contributed by atoms with E-state index in [0.717, 1.165) is 19.3 Å². The summed E-state index contributed by atoms with van der Waals surface area (Å²) >= 11 is 0. The summed E-state index contributed by atoms with van der Waals surface area (Å²) in [5, 5.41) is 6.12. The van der Waals surface area contributed by atoms with Crippen LogP contribution in [0, 0.1) is 5.92 Å². The minimum atomic E-state index is -0.0622. The summed E-state index contributed by atoms with van der Waals surface area (Å²) in [4.78, 5) is 11.7. The van der Waals surface area contributed by atoms with Crippen molar-refractivity contribution in [3.05, 3.63) is 0 Å². The largest absolute Gasteiger partial charge is 0.381 e. The molecule has 1 unspecified atom stereocenters. The number of hydrogen-bond donors (Lipinski definition) is 2. The standard InChI is InChI=1S/C12H24N2O2/c1-8(2)5-11(12(15)13-3)14-9-6-10(7-9)16-4/h8-11,14H,5-7H2,1-4H3,(H,13,15). The van der Waals surface area contributed by atoms with Crippen molar-refractivity contribution in [1.82, 2.24) is 10.6 Å². The molecule has 1 fully saturated rings. The van der Waals surface area contributed by atoms with E-state index in [4.69, 9.17) is 4.74 Å². The molecule has 0 bridgehead atoms. The number of methoxy groups -OCH3 is 1. The van der Waals surface area contributed by atoms with E-state index in [0.29, 0.717) is 18.1 Å². The lowest BCUT2D eigenvalue weighted by molar-refractivity contribution is -0.123. The van der Waals surface area contributed by atoms with Crippen LogP contribution in [0.15, 0.2) is 0 Å². The highest BCUT2D eigenvalue weighted by atomic mass is 16.5. The maximum atomic E-state index is 11.7. The van der Waals surface area contributed by atoms with E-state index in [9.17, 15) is 4.79 Å². The number of hydrogen-bond acceptors (Lipinski definition) is 3. The van der Waals surface area contributed by atoms with Crippen LogP contribution in [0.5, 0.6) is 0 Å². The molecule has 0 aliphatic heterocycles. The monoisotopic (exact) mass is 228 g/mol. The van der Waals surface area contributed by atoms with Gasteiger partial charge in [0.25, 0.3) is 0 Å². The molecule has 0 aromatic rings. The van der Waals surface area contributed by atoms with Gasteiger partial charge in [0.15, 0.2) is 0 Å². The Morgan fingerprint density at radius 3 is 2.50 bits per heavy atom. The molecule has 1 rings (SSSR count). The first-order chi connectivity index (χ1) is 7.56. The van der Waals surface area contributed by atoms with E-state index < -0.39 is 0 Å². The van der Waals surface area contributed by atoms with Crippen LogP contribution in [0.2, 0.25) is 0 Å². The fraction of sp³-hybridized carbons (Fsp3) is 0.917. The van der Waals surface area contributed by atoms with Crippen molar-refractivity contribution in [3.8, 4) is 0 Å². The lowest BCUT2D eigenvalue weighted by atomic mass is 9.88. The zero-order valence-corrected chi connectivity index (χ0v) is 10.7. The van der Waals surface area contributed by atoms with Crippen LogP contribution in [0.3, 0.4) is 0 Å². The Hall–Kier alpha value is -0.610. The van der Waals surface area contributed by atoms with Gasteiger partial charge in [0.2, 0.25) is 5.91 Å². The predicted molar refractivity (Wildman–Crippen MR) is 64.3 cm³/mol. The molecule has 0 spiro atoms. The molecule has 2 N–H and O–H groups in total. The highest BCUT2D eigenvalue weighted by molar-refractivity contribution is 5.81. The Balaban J connectivity index is 2.36. The van der Waals surface area contributed by atoms with Crippen LogP contribution < -0.4 is 10.6 Å². The number of carbonyl (C=O) groups is 1. The van der Waals surface area contributed by atoms with Gasteiger partial charge in [-0.1, -0.05) is 13.8 Å². The van der Waals surface area contributed by atoms with Crippen molar-refractivity contribution in [3.63, 3.8) is 0 Å². The SMILES string of the molecule is CNC(=O)C(CC(C)C)NC1CC(OC)C1. The Morgan fingerprint density at radius 2 is 2.06 bits per heavy atom. The molecule has 0 aromatic carbocycles. The van der Waals surface area contributed by atoms with Crippen LogP contribution in [0.1, 0.15) is 33.1 Å². The molecule has 1 amide bonds. The average molecular weight is 228 g/mol. The summed E-state index contributed by atoms with van der Waals surface area (Å²) in [5.41, 5.74) is 0. The van der Waals surface area contributed by atoms with Gasteiger partial charge in [0.05, 0.1) is 12.1 Å². The number of carbonyl (C=O) groups excluding carboxylic acids is 1. The lowest BCUT2D eigenvalue weighted by Crippen LogP contribution is -2.54. The van der Waals surface area contributed by atoms with Gasteiger partial charge in [-0.05, 0) is 25.2 Å². The van der Waals surface area contributed by atoms with Crippen molar-refractivity contribution >= 4 is 5.91 Å². The van der Waals surface area contributed by atoms with Crippen molar-refractivity contribution in [2.45, 2.75) is 51.3 Å². The second-order valence-electron chi connectivity index (χ2n) is 4.99. The molecule has 0 aromatic heterocycles. The maximum absolute atomic E-state index is 11.7. The summed E-state index contributed by atoms with van der Waals surface area (Å²) in [7, 11) is 3.43. The number of ether oxygens (including phenoxy) is 1. The molecule has 0 saturated heterocycles. The second-order valence-corrected chi connectivity index (χ2v) is 4.99. The number of amides is 1. The summed E-state index contributed by atoms with van der Waals surface area (Å²) in [6, 6.07) is 0.374. The summed E-state index contributed by atoms with van der Waals surface area (Å²) in [5.74, 6) is 0.614. The predicted octanol–water partition coefficient (Wildman–Crippen LogP) is 0.914. The Morgan fingerprint density at radius 1 is 1.44 bits per heavy atom. The van der Waals surface area contributed by atoms with Gasteiger partial charge < -0.3 is 15.4 Å². The smallest absolute Gasteiger partial charge is 0.236 e. The van der Waals surface area contributed by atoms with Crippen LogP contribution in [-0.2, 0) is 9.53 Å². The Labute approximate surface area is 98.1 Å². The quantitative estimate of drug-likeness (QED) is 0.710. The fourth-order valence-electron chi connectivity index (χ4n) is 2.08. The van der Waals surface area contributed by atoms with Gasteiger partial charge in [-0.2, -0.15) is 0 Å². The van der Waals surface area contributed by atoms with Crippen molar-refractivity contribution in [2.75, 3.05) is 14.2 Å². The Kier molecular flexibility index (Phi) is 5.22. The van der Waals surface area contributed by atoms with Crippen LogP contribution in [-0.4, -0.2) is 38.3 Å². The van der Waals surface area contributed by atoms with E-state index in [-0.39, 0.29) is 11.9 Å². The number of likely N-dealkylation sites (N-methyl/N-ethyl adjacent to an activating group) is 1. The van der Waals surface area contributed by atoms with Crippen molar-refractivity contribution in [1.29, 1.82) is 0 Å². The first-order valence-corrected chi connectivity index (χ1v) is 6.07. The highest BCUT2D eigenvalue weighted by Crippen LogP contribution is 2.23. The zero-order valence-electron chi connectivity index (χ0n) is 10.7. The third-order valence-electron chi connectivity index (χ3n) is 3.14. The van der Waals surface area contributed by atoms with Gasteiger partial charge in [-0.3, -0.25) is 4.79 Å². The molecule has 0 heterocycles. The molecule has 1 saturated carbocycles. The molecule has 94 valence electrons. The Bertz CT molecular complexity index is 225. The molecular formula is C12H24N2O2. The van der Waals surface area contributed by atoms with Crippen LogP contribution >= 0.6 is 0 Å².